The van der Waals surface area contributed by atoms with Crippen LogP contribution >= 0.6 is 0 Å². The molecule has 1 saturated heterocycles. The van der Waals surface area contributed by atoms with Crippen LogP contribution in [0.5, 0.6) is 0 Å². The molecule has 0 aliphatic carbocycles. The number of carbonyl (C=O) groups is 1. The van der Waals surface area contributed by atoms with E-state index in [1.54, 1.807) is 30.1 Å². The molecule has 0 bridgehead atoms. The normalized spacial score (nSPS) is 17.1. The molecule has 0 radical (unpaired) electrons. The fraction of sp³-hybridized carbons (Fsp3) is 0.323. The number of fused-ring (bicyclic) bond motifs is 1. The third kappa shape index (κ3) is 5.68. The molecule has 6 rings (SSSR count). The van der Waals surface area contributed by atoms with Crippen molar-refractivity contribution in [1.29, 1.82) is 0 Å². The molecule has 0 saturated carbocycles. The molecule has 1 N–H and O–H groups in total. The average Bonchev–Trinajstić information content (AvgIpc) is 3.66. The number of nitrogens with one attached hydrogen (secondary N) is 1. The lowest BCUT2D eigenvalue weighted by Gasteiger charge is -2.17. The van der Waals surface area contributed by atoms with Gasteiger partial charge in [-0.1, -0.05) is 18.2 Å². The van der Waals surface area contributed by atoms with Crippen molar-refractivity contribution >= 4 is 16.9 Å². The van der Waals surface area contributed by atoms with Crippen molar-refractivity contribution in [2.45, 2.75) is 25.9 Å². The van der Waals surface area contributed by atoms with Gasteiger partial charge in [0.05, 0.1) is 29.2 Å². The lowest BCUT2D eigenvalue weighted by molar-refractivity contribution is -0.155. The number of halogens is 2. The molecule has 13 heteroatoms. The highest BCUT2D eigenvalue weighted by Crippen LogP contribution is 2.37. The number of aryl methyl sites for hydroxylation is 1. The molecule has 1 aromatic carbocycles. The Balaban J connectivity index is 1.31. The Morgan fingerprint density at radius 2 is 1.95 bits per heavy atom. The summed E-state index contributed by atoms with van der Waals surface area (Å²) in [6, 6.07) is 12.4. The quantitative estimate of drug-likeness (QED) is 0.239. The second kappa shape index (κ2) is 12.2. The van der Waals surface area contributed by atoms with E-state index in [2.05, 4.69) is 15.0 Å². The van der Waals surface area contributed by atoms with E-state index in [1.165, 1.54) is 10.8 Å². The Bertz CT molecular complexity index is 1890. The van der Waals surface area contributed by atoms with E-state index in [4.69, 9.17) is 14.7 Å². The number of H-pyrrole nitrogens is 1. The van der Waals surface area contributed by atoms with Crippen molar-refractivity contribution in [3.63, 3.8) is 0 Å². The summed E-state index contributed by atoms with van der Waals surface area (Å²) in [5, 5.41) is 6.57. The molecule has 5 heterocycles. The fourth-order valence-electron chi connectivity index (χ4n) is 5.67. The lowest BCUT2D eigenvalue weighted by Crippen LogP contribution is -2.24. The van der Waals surface area contributed by atoms with Crippen LogP contribution in [0.1, 0.15) is 29.3 Å². The van der Waals surface area contributed by atoms with Crippen molar-refractivity contribution in [1.82, 2.24) is 34.4 Å². The predicted octanol–water partition coefficient (Wildman–Crippen LogP) is 3.85. The number of hydrogen-bond donors (Lipinski definition) is 1. The summed E-state index contributed by atoms with van der Waals surface area (Å²) in [5.41, 5.74) is 4.82. The van der Waals surface area contributed by atoms with Crippen LogP contribution in [0.3, 0.4) is 0 Å². The first-order valence-electron chi connectivity index (χ1n) is 14.2. The van der Waals surface area contributed by atoms with Gasteiger partial charge in [-0.05, 0) is 36.8 Å². The molecule has 11 nitrogen and oxygen atoms in total. The second-order valence-electron chi connectivity index (χ2n) is 10.9. The zero-order valence-electron chi connectivity index (χ0n) is 24.5. The first kappa shape index (κ1) is 29.5. The van der Waals surface area contributed by atoms with Crippen LogP contribution in [0.4, 0.5) is 8.78 Å². The van der Waals surface area contributed by atoms with E-state index in [0.717, 1.165) is 17.3 Å². The van der Waals surface area contributed by atoms with Crippen LogP contribution in [-0.2, 0) is 27.8 Å². The maximum atomic E-state index is 14.1. The van der Waals surface area contributed by atoms with Gasteiger partial charge < -0.3 is 9.72 Å². The molecule has 228 valence electrons. The first-order chi connectivity index (χ1) is 21.2. The minimum atomic E-state index is -1.19. The van der Waals surface area contributed by atoms with Crippen LogP contribution in [0, 0.1) is 24.6 Å². The Morgan fingerprint density at radius 3 is 2.70 bits per heavy atom. The van der Waals surface area contributed by atoms with Gasteiger partial charge in [0.1, 0.15) is 11.9 Å². The van der Waals surface area contributed by atoms with E-state index in [0.29, 0.717) is 53.4 Å². The molecular formula is C31H31F2N7O4. The molecule has 2 atom stereocenters. The van der Waals surface area contributed by atoms with Gasteiger partial charge in [0.25, 0.3) is 0 Å². The summed E-state index contributed by atoms with van der Waals surface area (Å²) in [6.45, 7) is 3.16. The third-order valence-electron chi connectivity index (χ3n) is 7.92. The van der Waals surface area contributed by atoms with Gasteiger partial charge in [-0.15, -0.1) is 0 Å². The molecule has 5 aromatic rings. The van der Waals surface area contributed by atoms with Gasteiger partial charge in [0.15, 0.2) is 11.5 Å². The van der Waals surface area contributed by atoms with Crippen LogP contribution in [0.25, 0.3) is 28.1 Å². The highest BCUT2D eigenvalue weighted by Gasteiger charge is 2.37. The topological polar surface area (TPSA) is 120 Å². The maximum Gasteiger partial charge on any atom is 0.327 e. The standard InChI is InChI=1S/C31H31F2N7O4/c1-18-26(14-23(41)11-21-17-39(9-10-43-3)44-28(21)20-12-24(32)29(33)34-16-20)40(22-7-5-4-6-8-22)37-27(18)19-13-25-30(35-15-19)38(2)31(42)36-25/h4-8,12-13,15-16,21,28H,9-11,14,17H2,1-3H3,(H,36,42)/t21-,28+/m1/s1. The predicted molar refractivity (Wildman–Crippen MR) is 157 cm³/mol. The number of methoxy groups -OCH3 is 1. The maximum absolute atomic E-state index is 14.1. The number of hydroxylamine groups is 2. The molecule has 0 amide bonds. The Hall–Kier alpha value is -4.59. The van der Waals surface area contributed by atoms with Crippen LogP contribution in [-0.4, -0.2) is 67.0 Å². The Morgan fingerprint density at radius 1 is 1.16 bits per heavy atom. The van der Waals surface area contributed by atoms with Crippen molar-refractivity contribution in [3.8, 4) is 16.9 Å². The van der Waals surface area contributed by atoms with Crippen molar-refractivity contribution in [2.75, 3.05) is 26.8 Å². The van der Waals surface area contributed by atoms with Gasteiger partial charge in [-0.3, -0.25) is 14.2 Å². The number of ketones is 1. The van der Waals surface area contributed by atoms with Gasteiger partial charge in [0, 0.05) is 69.5 Å². The number of aromatic nitrogens is 6. The second-order valence-corrected chi connectivity index (χ2v) is 10.9. The highest BCUT2D eigenvalue weighted by atomic mass is 19.2. The molecule has 0 spiro atoms. The summed E-state index contributed by atoms with van der Waals surface area (Å²) < 4.78 is 36.0. The van der Waals surface area contributed by atoms with E-state index < -0.39 is 17.9 Å². The van der Waals surface area contributed by atoms with Crippen LogP contribution in [0.15, 0.2) is 59.7 Å². The molecule has 1 aliphatic rings. The summed E-state index contributed by atoms with van der Waals surface area (Å²) >= 11 is 0. The number of ether oxygens (including phenoxy) is 1. The van der Waals surface area contributed by atoms with E-state index in [1.807, 2.05) is 43.3 Å². The molecular weight excluding hydrogens is 572 g/mol. The molecule has 0 unspecified atom stereocenters. The fourth-order valence-corrected chi connectivity index (χ4v) is 5.67. The number of nitrogens with zero attached hydrogens (tertiary/aromatic N) is 6. The minimum absolute atomic E-state index is 0.0690. The molecule has 4 aromatic heterocycles. The summed E-state index contributed by atoms with van der Waals surface area (Å²) in [7, 11) is 3.22. The lowest BCUT2D eigenvalue weighted by atomic mass is 9.91. The number of hydrogen-bond acceptors (Lipinski definition) is 8. The zero-order valence-corrected chi connectivity index (χ0v) is 24.5. The van der Waals surface area contributed by atoms with E-state index >= 15 is 0 Å². The van der Waals surface area contributed by atoms with Gasteiger partial charge >= 0.3 is 5.69 Å². The number of Topliss-reactive ketones (excluding diaryl/α,β-unsaturated/α-hetero) is 1. The number of rotatable bonds is 10. The van der Waals surface area contributed by atoms with Crippen molar-refractivity contribution in [2.24, 2.45) is 13.0 Å². The molecule has 44 heavy (non-hydrogen) atoms. The van der Waals surface area contributed by atoms with Crippen LogP contribution in [0.2, 0.25) is 0 Å². The van der Waals surface area contributed by atoms with E-state index in [-0.39, 0.29) is 30.2 Å². The number of benzene rings is 1. The molecule has 1 aliphatic heterocycles. The minimum Gasteiger partial charge on any atom is -0.383 e. The monoisotopic (exact) mass is 603 g/mol. The summed E-state index contributed by atoms with van der Waals surface area (Å²) in [4.78, 5) is 42.7. The number of para-hydroxylation sites is 1. The summed E-state index contributed by atoms with van der Waals surface area (Å²) in [5.74, 6) is -2.67. The number of carbonyl (C=O) groups excluding carboxylic acids is 1. The third-order valence-corrected chi connectivity index (χ3v) is 7.92. The largest absolute Gasteiger partial charge is 0.383 e. The molecule has 1 fully saturated rings. The van der Waals surface area contributed by atoms with Gasteiger partial charge in [0.2, 0.25) is 5.95 Å². The zero-order chi connectivity index (χ0) is 31.0. The highest BCUT2D eigenvalue weighted by molar-refractivity contribution is 5.83. The Kier molecular flexibility index (Phi) is 8.17. The van der Waals surface area contributed by atoms with Gasteiger partial charge in [-0.25, -0.2) is 23.8 Å². The van der Waals surface area contributed by atoms with Gasteiger partial charge in [-0.2, -0.15) is 14.6 Å². The Labute approximate surface area is 251 Å². The van der Waals surface area contributed by atoms with E-state index in [9.17, 15) is 18.4 Å². The van der Waals surface area contributed by atoms with Crippen LogP contribution < -0.4 is 5.69 Å². The number of imidazole rings is 1. The smallest absolute Gasteiger partial charge is 0.327 e. The first-order valence-corrected chi connectivity index (χ1v) is 14.2. The van der Waals surface area contributed by atoms with Crippen molar-refractivity contribution < 1.29 is 23.1 Å². The number of pyridine rings is 2. The average molecular weight is 604 g/mol. The SMILES string of the molecule is COCCN1C[C@@H](CC(=O)Cc2c(C)c(-c3cnc4c(c3)[nH]c(=O)n4C)nn2-c2ccccc2)[C@H](c2cnc(F)c(F)c2)O1. The number of aromatic amines is 1. The van der Waals surface area contributed by atoms with Crippen molar-refractivity contribution in [3.05, 3.63) is 93.9 Å². The summed E-state index contributed by atoms with van der Waals surface area (Å²) in [6.07, 6.45) is 2.42.